The Hall–Kier alpha value is -1.58. The normalized spacial score (nSPS) is 13.6. The molecule has 2 rings (SSSR count). The molecule has 0 aliphatic carbocycles. The SMILES string of the molecule is CC(C)CNC(=O)[C@H](C)Sc1nc2cc(S(=O)(=O)N(C)C)ccc2o1. The van der Waals surface area contributed by atoms with Crippen LogP contribution in [0.25, 0.3) is 11.1 Å². The monoisotopic (exact) mass is 385 g/mol. The largest absolute Gasteiger partial charge is 0.431 e. The summed E-state index contributed by atoms with van der Waals surface area (Å²) < 4.78 is 31.1. The number of nitrogens with one attached hydrogen (secondary N) is 1. The first-order chi connectivity index (χ1) is 11.6. The second-order valence-electron chi connectivity index (χ2n) is 6.30. The minimum Gasteiger partial charge on any atom is -0.431 e. The van der Waals surface area contributed by atoms with E-state index in [1.165, 1.54) is 38.0 Å². The van der Waals surface area contributed by atoms with Crippen molar-refractivity contribution < 1.29 is 17.6 Å². The smallest absolute Gasteiger partial charge is 0.257 e. The standard InChI is InChI=1S/C16H23N3O4S2/c1-10(2)9-17-15(20)11(3)24-16-18-13-8-12(6-7-14(13)23-16)25(21,22)19(4)5/h6-8,10-11H,9H2,1-5H3,(H,17,20)/t11-/m0/s1. The molecule has 1 amide bonds. The molecule has 7 nitrogen and oxygen atoms in total. The van der Waals surface area contributed by atoms with Crippen molar-refractivity contribution in [2.75, 3.05) is 20.6 Å². The molecule has 0 unspecified atom stereocenters. The number of hydrogen-bond donors (Lipinski definition) is 1. The van der Waals surface area contributed by atoms with Crippen molar-refractivity contribution in [3.63, 3.8) is 0 Å². The summed E-state index contributed by atoms with van der Waals surface area (Å²) in [7, 11) is -0.584. The second-order valence-corrected chi connectivity index (χ2v) is 9.74. The molecule has 1 aromatic heterocycles. The molecular formula is C16H23N3O4S2. The van der Waals surface area contributed by atoms with Gasteiger partial charge in [-0.2, -0.15) is 0 Å². The molecule has 2 aromatic rings. The van der Waals surface area contributed by atoms with E-state index in [0.717, 1.165) is 4.31 Å². The van der Waals surface area contributed by atoms with E-state index in [0.29, 0.717) is 28.8 Å². The summed E-state index contributed by atoms with van der Waals surface area (Å²) in [5, 5.41) is 2.83. The number of fused-ring (bicyclic) bond motifs is 1. The van der Waals surface area contributed by atoms with E-state index in [4.69, 9.17) is 4.42 Å². The van der Waals surface area contributed by atoms with Gasteiger partial charge in [-0.05, 0) is 31.0 Å². The average molecular weight is 386 g/mol. The number of rotatable bonds is 7. The van der Waals surface area contributed by atoms with Gasteiger partial charge in [-0.3, -0.25) is 4.79 Å². The molecule has 1 atom stereocenters. The Bertz CT molecular complexity index is 859. The molecule has 0 saturated carbocycles. The van der Waals surface area contributed by atoms with Crippen molar-refractivity contribution >= 4 is 38.8 Å². The lowest BCUT2D eigenvalue weighted by molar-refractivity contribution is -0.120. The van der Waals surface area contributed by atoms with Crippen LogP contribution in [0.3, 0.4) is 0 Å². The van der Waals surface area contributed by atoms with Crippen molar-refractivity contribution in [3.05, 3.63) is 18.2 Å². The first kappa shape index (κ1) is 19.7. The summed E-state index contributed by atoms with van der Waals surface area (Å²) in [6.45, 7) is 6.44. The first-order valence-electron chi connectivity index (χ1n) is 7.88. The highest BCUT2D eigenvalue weighted by Crippen LogP contribution is 2.28. The van der Waals surface area contributed by atoms with Crippen LogP contribution in [-0.4, -0.2) is 49.5 Å². The predicted molar refractivity (Wildman–Crippen MR) is 98.0 cm³/mol. The second kappa shape index (κ2) is 7.76. The topological polar surface area (TPSA) is 92.5 Å². The average Bonchev–Trinajstić information content (AvgIpc) is 2.93. The van der Waals surface area contributed by atoms with E-state index in [1.54, 1.807) is 13.0 Å². The Balaban J connectivity index is 2.17. The number of oxazole rings is 1. The predicted octanol–water partition coefficient (Wildman–Crippen LogP) is 2.33. The highest BCUT2D eigenvalue weighted by atomic mass is 32.2. The molecule has 1 aromatic carbocycles. The van der Waals surface area contributed by atoms with E-state index >= 15 is 0 Å². The minimum atomic E-state index is -3.53. The molecule has 0 radical (unpaired) electrons. The number of amides is 1. The maximum atomic E-state index is 12.2. The van der Waals surface area contributed by atoms with E-state index in [1.807, 2.05) is 13.8 Å². The van der Waals surface area contributed by atoms with Crippen LogP contribution in [-0.2, 0) is 14.8 Å². The maximum Gasteiger partial charge on any atom is 0.257 e. The summed E-state index contributed by atoms with van der Waals surface area (Å²) in [5.74, 6) is 0.291. The molecule has 0 aliphatic rings. The van der Waals surface area contributed by atoms with Gasteiger partial charge in [0, 0.05) is 20.6 Å². The fourth-order valence-electron chi connectivity index (χ4n) is 1.96. The lowest BCUT2D eigenvalue weighted by atomic mass is 10.2. The Morgan fingerprint density at radius 3 is 2.60 bits per heavy atom. The molecule has 0 saturated heterocycles. The molecule has 9 heteroatoms. The van der Waals surface area contributed by atoms with Crippen molar-refractivity contribution in [1.82, 2.24) is 14.6 Å². The fourth-order valence-corrected chi connectivity index (χ4v) is 3.66. The van der Waals surface area contributed by atoms with Crippen molar-refractivity contribution in [3.8, 4) is 0 Å². The summed E-state index contributed by atoms with van der Waals surface area (Å²) >= 11 is 1.20. The summed E-state index contributed by atoms with van der Waals surface area (Å²) in [6.07, 6.45) is 0. The number of carbonyl (C=O) groups excluding carboxylic acids is 1. The number of carbonyl (C=O) groups is 1. The van der Waals surface area contributed by atoms with Crippen LogP contribution in [0.1, 0.15) is 20.8 Å². The van der Waals surface area contributed by atoms with Gasteiger partial charge in [-0.25, -0.2) is 17.7 Å². The van der Waals surface area contributed by atoms with Crippen molar-refractivity contribution in [2.45, 2.75) is 36.1 Å². The Morgan fingerprint density at radius 2 is 2.00 bits per heavy atom. The van der Waals surface area contributed by atoms with Gasteiger partial charge in [-0.15, -0.1) is 0 Å². The highest BCUT2D eigenvalue weighted by molar-refractivity contribution is 8.00. The van der Waals surface area contributed by atoms with E-state index in [2.05, 4.69) is 10.3 Å². The van der Waals surface area contributed by atoms with E-state index < -0.39 is 10.0 Å². The molecule has 25 heavy (non-hydrogen) atoms. The molecule has 1 heterocycles. The number of nitrogens with zero attached hydrogens (tertiary/aromatic N) is 2. The molecule has 1 N–H and O–H groups in total. The van der Waals surface area contributed by atoms with Gasteiger partial charge in [0.1, 0.15) is 5.52 Å². The number of aromatic nitrogens is 1. The zero-order valence-electron chi connectivity index (χ0n) is 14.9. The molecule has 0 bridgehead atoms. The Kier molecular flexibility index (Phi) is 6.12. The summed E-state index contributed by atoms with van der Waals surface area (Å²) in [5.41, 5.74) is 0.926. The van der Waals surface area contributed by atoms with Gasteiger partial charge in [0.25, 0.3) is 5.22 Å². The van der Waals surface area contributed by atoms with Gasteiger partial charge in [0.2, 0.25) is 15.9 Å². The lowest BCUT2D eigenvalue weighted by Crippen LogP contribution is -2.33. The van der Waals surface area contributed by atoms with Crippen molar-refractivity contribution in [2.24, 2.45) is 5.92 Å². The maximum absolute atomic E-state index is 12.2. The van der Waals surface area contributed by atoms with Crippen LogP contribution in [0.4, 0.5) is 0 Å². The fraction of sp³-hybridized carbons (Fsp3) is 0.500. The summed E-state index contributed by atoms with van der Waals surface area (Å²) in [6, 6.07) is 4.53. The quantitative estimate of drug-likeness (QED) is 0.736. The number of sulfonamides is 1. The third-order valence-corrected chi connectivity index (χ3v) is 6.20. The third kappa shape index (κ3) is 4.74. The lowest BCUT2D eigenvalue weighted by Gasteiger charge is -2.11. The van der Waals surface area contributed by atoms with Crippen LogP contribution >= 0.6 is 11.8 Å². The van der Waals surface area contributed by atoms with E-state index in [9.17, 15) is 13.2 Å². The first-order valence-corrected chi connectivity index (χ1v) is 10.2. The van der Waals surface area contributed by atoms with Gasteiger partial charge < -0.3 is 9.73 Å². The number of thioether (sulfide) groups is 1. The Labute approximate surface area is 152 Å². The summed E-state index contributed by atoms with van der Waals surface area (Å²) in [4.78, 5) is 16.5. The van der Waals surface area contributed by atoms with Gasteiger partial charge in [-0.1, -0.05) is 25.6 Å². The van der Waals surface area contributed by atoms with Crippen LogP contribution in [0.15, 0.2) is 32.7 Å². The highest BCUT2D eigenvalue weighted by Gasteiger charge is 2.21. The van der Waals surface area contributed by atoms with Crippen LogP contribution in [0, 0.1) is 5.92 Å². The molecular weight excluding hydrogens is 362 g/mol. The number of benzene rings is 1. The number of hydrogen-bond acceptors (Lipinski definition) is 6. The minimum absolute atomic E-state index is 0.0863. The van der Waals surface area contributed by atoms with Crippen molar-refractivity contribution in [1.29, 1.82) is 0 Å². The Morgan fingerprint density at radius 1 is 1.32 bits per heavy atom. The zero-order chi connectivity index (χ0) is 18.8. The van der Waals surface area contributed by atoms with Crippen LogP contribution in [0.2, 0.25) is 0 Å². The van der Waals surface area contributed by atoms with Crippen LogP contribution < -0.4 is 5.32 Å². The van der Waals surface area contributed by atoms with Gasteiger partial charge >= 0.3 is 0 Å². The van der Waals surface area contributed by atoms with E-state index in [-0.39, 0.29) is 16.1 Å². The van der Waals surface area contributed by atoms with Crippen LogP contribution in [0.5, 0.6) is 0 Å². The molecule has 0 spiro atoms. The zero-order valence-corrected chi connectivity index (χ0v) is 16.6. The van der Waals surface area contributed by atoms with Gasteiger partial charge in [0.15, 0.2) is 5.58 Å². The molecule has 0 aliphatic heterocycles. The van der Waals surface area contributed by atoms with Gasteiger partial charge in [0.05, 0.1) is 10.1 Å². The molecule has 0 fully saturated rings. The molecule has 138 valence electrons. The third-order valence-electron chi connectivity index (χ3n) is 3.45.